The van der Waals surface area contributed by atoms with E-state index in [0.29, 0.717) is 24.9 Å². The molecule has 4 rings (SSSR count). The first-order valence-electron chi connectivity index (χ1n) is 10.6. The Bertz CT molecular complexity index is 827. The Kier molecular flexibility index (Phi) is 6.10. The smallest absolute Gasteiger partial charge is 0.339 e. The largest absolute Gasteiger partial charge is 0.475 e. The number of hydroxylamine groups is 1. The van der Waals surface area contributed by atoms with E-state index in [4.69, 9.17) is 14.9 Å². The molecule has 9 heteroatoms. The third-order valence-corrected chi connectivity index (χ3v) is 5.82. The number of carbonyl (C=O) groups excluding carboxylic acids is 1. The molecule has 3 aliphatic rings. The summed E-state index contributed by atoms with van der Waals surface area (Å²) in [5.41, 5.74) is 8.32. The molecule has 5 N–H and O–H groups in total. The Labute approximate surface area is 175 Å². The van der Waals surface area contributed by atoms with Gasteiger partial charge in [0, 0.05) is 18.8 Å². The van der Waals surface area contributed by atoms with E-state index < -0.39 is 6.03 Å². The Morgan fingerprint density at radius 1 is 1.33 bits per heavy atom. The zero-order valence-electron chi connectivity index (χ0n) is 17.2. The number of fused-ring (bicyclic) bond motifs is 2. The first kappa shape index (κ1) is 20.5. The molecule has 0 bridgehead atoms. The second kappa shape index (κ2) is 8.93. The second-order valence-corrected chi connectivity index (χ2v) is 7.74. The molecule has 30 heavy (non-hydrogen) atoms. The average Bonchev–Trinajstić information content (AvgIpc) is 3.39. The molecule has 1 aromatic rings. The van der Waals surface area contributed by atoms with Gasteiger partial charge >= 0.3 is 6.03 Å². The fourth-order valence-corrected chi connectivity index (χ4v) is 4.49. The maximum absolute atomic E-state index is 12.7. The van der Waals surface area contributed by atoms with E-state index in [1.54, 1.807) is 0 Å². The van der Waals surface area contributed by atoms with Crippen molar-refractivity contribution in [1.29, 1.82) is 5.41 Å². The summed E-state index contributed by atoms with van der Waals surface area (Å²) in [5, 5.41) is 24.4. The second-order valence-electron chi connectivity index (χ2n) is 7.74. The number of hydrogen-bond donors (Lipinski definition) is 5. The fraction of sp³-hybridized carbons (Fsp3) is 0.524. The normalized spacial score (nSPS) is 21.1. The molecule has 2 aliphatic carbocycles. The summed E-state index contributed by atoms with van der Waals surface area (Å²) in [6, 6.07) is 1.74. The highest BCUT2D eigenvalue weighted by Crippen LogP contribution is 2.38. The molecular weight excluding hydrogens is 386 g/mol. The van der Waals surface area contributed by atoms with Crippen LogP contribution in [0.5, 0.6) is 0 Å². The zero-order valence-corrected chi connectivity index (χ0v) is 17.2. The summed E-state index contributed by atoms with van der Waals surface area (Å²) >= 11 is 0. The molecule has 0 saturated carbocycles. The number of nitrogens with one attached hydrogen (secondary N) is 4. The minimum absolute atomic E-state index is 0.00335. The van der Waals surface area contributed by atoms with Crippen molar-refractivity contribution >= 4 is 17.9 Å². The van der Waals surface area contributed by atoms with E-state index in [1.807, 2.05) is 6.92 Å². The van der Waals surface area contributed by atoms with Gasteiger partial charge in [-0.25, -0.2) is 10.2 Å². The molecule has 1 aliphatic heterocycles. The summed E-state index contributed by atoms with van der Waals surface area (Å²) in [4.78, 5) is 12.7. The fourth-order valence-electron chi connectivity index (χ4n) is 4.49. The molecule has 0 unspecified atom stereocenters. The number of aryl methyl sites for hydroxylation is 2. The highest BCUT2D eigenvalue weighted by molar-refractivity contribution is 5.92. The average molecular weight is 415 g/mol. The maximum atomic E-state index is 12.7. The molecule has 0 spiro atoms. The number of carbonyl (C=O) groups is 1. The Balaban J connectivity index is 1.45. The first-order chi connectivity index (χ1) is 14.6. The Morgan fingerprint density at radius 2 is 2.03 bits per heavy atom. The molecular formula is C21H29N5O4. The summed E-state index contributed by atoms with van der Waals surface area (Å²) < 4.78 is 11.0. The van der Waals surface area contributed by atoms with Crippen LogP contribution in [0.2, 0.25) is 0 Å². The SMILES string of the molecule is CCO[C@@H]1CN/C(=C(\C=N)N(O)NC(=O)Nc2c3c(cc4c2CCC4)CCC3)OC1. The van der Waals surface area contributed by atoms with Crippen molar-refractivity contribution < 1.29 is 19.5 Å². The number of allylic oxidation sites excluding steroid dienone is 1. The number of amides is 2. The van der Waals surface area contributed by atoms with E-state index in [-0.39, 0.29) is 17.7 Å². The van der Waals surface area contributed by atoms with E-state index in [9.17, 15) is 10.0 Å². The molecule has 9 nitrogen and oxygen atoms in total. The van der Waals surface area contributed by atoms with Crippen LogP contribution in [0, 0.1) is 5.41 Å². The summed E-state index contributed by atoms with van der Waals surface area (Å²) in [5.74, 6) is 0.213. The number of nitrogens with zero attached hydrogens (tertiary/aromatic N) is 1. The van der Waals surface area contributed by atoms with Crippen molar-refractivity contribution in [3.05, 3.63) is 39.9 Å². The molecule has 1 saturated heterocycles. The number of urea groups is 1. The van der Waals surface area contributed by atoms with Gasteiger partial charge in [0.25, 0.3) is 0 Å². The van der Waals surface area contributed by atoms with Gasteiger partial charge in [0.2, 0.25) is 5.88 Å². The van der Waals surface area contributed by atoms with Gasteiger partial charge in [-0.05, 0) is 67.7 Å². The van der Waals surface area contributed by atoms with Crippen LogP contribution in [0.1, 0.15) is 42.0 Å². The summed E-state index contributed by atoms with van der Waals surface area (Å²) in [7, 11) is 0. The molecule has 162 valence electrons. The quantitative estimate of drug-likeness (QED) is 0.359. The van der Waals surface area contributed by atoms with Crippen LogP contribution < -0.4 is 16.1 Å². The molecule has 0 radical (unpaired) electrons. The third-order valence-electron chi connectivity index (χ3n) is 5.82. The van der Waals surface area contributed by atoms with E-state index >= 15 is 0 Å². The molecule has 1 heterocycles. The predicted molar refractivity (Wildman–Crippen MR) is 111 cm³/mol. The van der Waals surface area contributed by atoms with Crippen LogP contribution >= 0.6 is 0 Å². The zero-order chi connectivity index (χ0) is 21.1. The molecule has 0 aromatic heterocycles. The number of ether oxygens (including phenoxy) is 2. The maximum Gasteiger partial charge on any atom is 0.339 e. The van der Waals surface area contributed by atoms with Gasteiger partial charge in [0.05, 0.1) is 6.21 Å². The van der Waals surface area contributed by atoms with Crippen LogP contribution in [0.3, 0.4) is 0 Å². The van der Waals surface area contributed by atoms with E-state index in [1.165, 1.54) is 22.3 Å². The molecule has 1 atom stereocenters. The lowest BCUT2D eigenvalue weighted by molar-refractivity contribution is -0.0895. The first-order valence-corrected chi connectivity index (χ1v) is 10.6. The molecule has 1 aromatic carbocycles. The van der Waals surface area contributed by atoms with Crippen LogP contribution in [0.4, 0.5) is 10.5 Å². The lowest BCUT2D eigenvalue weighted by atomic mass is 9.99. The lowest BCUT2D eigenvalue weighted by Crippen LogP contribution is -2.46. The van der Waals surface area contributed by atoms with Crippen molar-refractivity contribution in [3.8, 4) is 0 Å². The minimum atomic E-state index is -0.560. The topological polar surface area (TPSA) is 119 Å². The van der Waals surface area contributed by atoms with Gasteiger partial charge < -0.3 is 25.5 Å². The van der Waals surface area contributed by atoms with Gasteiger partial charge in [-0.3, -0.25) is 5.21 Å². The van der Waals surface area contributed by atoms with Gasteiger partial charge in [-0.2, -0.15) is 5.17 Å². The van der Waals surface area contributed by atoms with Crippen LogP contribution in [-0.2, 0) is 35.2 Å². The van der Waals surface area contributed by atoms with E-state index in [0.717, 1.165) is 50.4 Å². The van der Waals surface area contributed by atoms with Crippen molar-refractivity contribution in [3.63, 3.8) is 0 Å². The van der Waals surface area contributed by atoms with Crippen molar-refractivity contribution in [1.82, 2.24) is 15.9 Å². The Morgan fingerprint density at radius 3 is 2.60 bits per heavy atom. The number of benzene rings is 1. The highest BCUT2D eigenvalue weighted by atomic mass is 16.6. The Hall–Kier alpha value is -2.78. The summed E-state index contributed by atoms with van der Waals surface area (Å²) in [6.45, 7) is 3.27. The lowest BCUT2D eigenvalue weighted by Gasteiger charge is -2.29. The van der Waals surface area contributed by atoms with Crippen molar-refractivity contribution in [2.45, 2.75) is 51.6 Å². The monoisotopic (exact) mass is 415 g/mol. The minimum Gasteiger partial charge on any atom is -0.475 e. The van der Waals surface area contributed by atoms with Gasteiger partial charge in [0.15, 0.2) is 5.70 Å². The molecule has 2 amide bonds. The van der Waals surface area contributed by atoms with Gasteiger partial charge in [-0.1, -0.05) is 6.07 Å². The van der Waals surface area contributed by atoms with Gasteiger partial charge in [0.1, 0.15) is 12.7 Å². The van der Waals surface area contributed by atoms with Crippen LogP contribution in [0.15, 0.2) is 17.6 Å². The van der Waals surface area contributed by atoms with E-state index in [2.05, 4.69) is 22.1 Å². The number of hydrazine groups is 1. The summed E-state index contributed by atoms with van der Waals surface area (Å²) in [6.07, 6.45) is 7.00. The third kappa shape index (κ3) is 4.08. The van der Waals surface area contributed by atoms with Crippen LogP contribution in [-0.4, -0.2) is 48.5 Å². The van der Waals surface area contributed by atoms with Crippen molar-refractivity contribution in [2.24, 2.45) is 0 Å². The van der Waals surface area contributed by atoms with Crippen LogP contribution in [0.25, 0.3) is 0 Å². The number of rotatable bonds is 6. The highest BCUT2D eigenvalue weighted by Gasteiger charge is 2.26. The predicted octanol–water partition coefficient (Wildman–Crippen LogP) is 2.24. The standard InChI is InChI=1S/C21H29N5O4/c1-2-29-15-11-23-20(30-12-15)18(10-22)26(28)25-21(27)24-19-16-7-3-5-13(16)9-14-6-4-8-17(14)19/h9-10,15,22-23,28H,2-8,11-12H2,1H3,(H2,24,25,27)/b20-18-,22-10?/t15-/m1/s1. The van der Waals surface area contributed by atoms with Gasteiger partial charge in [-0.15, -0.1) is 0 Å². The number of anilines is 1. The number of hydrogen-bond acceptors (Lipinski definition) is 7. The van der Waals surface area contributed by atoms with Crippen molar-refractivity contribution in [2.75, 3.05) is 25.1 Å². The molecule has 1 fully saturated rings.